The molecule has 3 aromatic rings. The molecule has 162 valence electrons. The van der Waals surface area contributed by atoms with Crippen LogP contribution in [0.4, 0.5) is 5.82 Å². The summed E-state index contributed by atoms with van der Waals surface area (Å²) in [5.74, 6) is 0.692. The van der Waals surface area contributed by atoms with Crippen LogP contribution in [0.2, 0.25) is 5.02 Å². The number of benzene rings is 1. The summed E-state index contributed by atoms with van der Waals surface area (Å²) >= 11 is 6.03. The number of halogens is 1. The molecule has 0 radical (unpaired) electrons. The monoisotopic (exact) mass is 439 g/mol. The van der Waals surface area contributed by atoms with E-state index in [1.165, 1.54) is 6.42 Å². The van der Waals surface area contributed by atoms with Crippen LogP contribution in [0.1, 0.15) is 41.7 Å². The Bertz CT molecular complexity index is 1020. The minimum absolute atomic E-state index is 0.192. The fraction of sp³-hybridized carbons (Fsp3) is 0.348. The predicted molar refractivity (Wildman–Crippen MR) is 121 cm³/mol. The standard InChI is InChI=1S/C23H26ClN5O2/c24-18-5-3-4-17(12-18)20-13-21(28-27-20)23(31)26-15-16-7-8-22(25-14-16)29-10-2-1-6-19(29)9-11-30/h3-5,7-8,12-14,19,30H,1-2,6,9-11,15H2,(H,26,31)(H,27,28)/t19-/m0/s1. The number of anilines is 1. The lowest BCUT2D eigenvalue weighted by Gasteiger charge is -2.36. The van der Waals surface area contributed by atoms with Crippen LogP contribution in [0.5, 0.6) is 0 Å². The molecule has 0 saturated carbocycles. The van der Waals surface area contributed by atoms with E-state index in [0.717, 1.165) is 42.8 Å². The lowest BCUT2D eigenvalue weighted by Crippen LogP contribution is -2.40. The number of aromatic nitrogens is 3. The molecule has 7 nitrogen and oxygen atoms in total. The lowest BCUT2D eigenvalue weighted by atomic mass is 9.99. The van der Waals surface area contributed by atoms with Gasteiger partial charge in [-0.3, -0.25) is 9.89 Å². The van der Waals surface area contributed by atoms with Gasteiger partial charge in [-0.2, -0.15) is 5.10 Å². The average molecular weight is 440 g/mol. The highest BCUT2D eigenvalue weighted by Crippen LogP contribution is 2.25. The molecule has 3 N–H and O–H groups in total. The fourth-order valence-corrected chi connectivity index (χ4v) is 4.14. The number of amides is 1. The van der Waals surface area contributed by atoms with Crippen molar-refractivity contribution in [2.24, 2.45) is 0 Å². The zero-order valence-electron chi connectivity index (χ0n) is 17.2. The number of nitrogens with one attached hydrogen (secondary N) is 2. The number of hydrogen-bond acceptors (Lipinski definition) is 5. The van der Waals surface area contributed by atoms with E-state index in [9.17, 15) is 9.90 Å². The Labute approximate surface area is 186 Å². The molecule has 0 unspecified atom stereocenters. The highest BCUT2D eigenvalue weighted by molar-refractivity contribution is 6.30. The van der Waals surface area contributed by atoms with Crippen LogP contribution < -0.4 is 10.2 Å². The number of aromatic amines is 1. The van der Waals surface area contributed by atoms with Crippen molar-refractivity contribution in [1.82, 2.24) is 20.5 Å². The summed E-state index contributed by atoms with van der Waals surface area (Å²) in [6.45, 7) is 1.53. The molecule has 0 bridgehead atoms. The van der Waals surface area contributed by atoms with E-state index in [2.05, 4.69) is 25.4 Å². The lowest BCUT2D eigenvalue weighted by molar-refractivity contribution is 0.0946. The van der Waals surface area contributed by atoms with Gasteiger partial charge in [-0.05, 0) is 55.5 Å². The zero-order chi connectivity index (χ0) is 21.6. The van der Waals surface area contributed by atoms with Crippen LogP contribution >= 0.6 is 11.6 Å². The Morgan fingerprint density at radius 1 is 1.26 bits per heavy atom. The molecule has 1 atom stereocenters. The second-order valence-corrected chi connectivity index (χ2v) is 8.18. The topological polar surface area (TPSA) is 94.1 Å². The first-order valence-corrected chi connectivity index (χ1v) is 10.9. The van der Waals surface area contributed by atoms with E-state index in [1.54, 1.807) is 24.4 Å². The maximum absolute atomic E-state index is 12.5. The third kappa shape index (κ3) is 5.24. The van der Waals surface area contributed by atoms with Crippen molar-refractivity contribution in [3.8, 4) is 11.3 Å². The highest BCUT2D eigenvalue weighted by Gasteiger charge is 2.23. The molecule has 1 amide bonds. The smallest absolute Gasteiger partial charge is 0.269 e. The maximum atomic E-state index is 12.5. The van der Waals surface area contributed by atoms with E-state index >= 15 is 0 Å². The van der Waals surface area contributed by atoms with Crippen molar-refractivity contribution in [1.29, 1.82) is 0 Å². The SMILES string of the molecule is O=C(NCc1ccc(N2CCCC[C@H]2CCO)nc1)c1cc(-c2cccc(Cl)c2)n[nH]1. The third-order valence-corrected chi connectivity index (χ3v) is 5.82. The molecule has 1 aliphatic heterocycles. The van der Waals surface area contributed by atoms with E-state index < -0.39 is 0 Å². The van der Waals surface area contributed by atoms with Crippen LogP contribution in [-0.2, 0) is 6.54 Å². The summed E-state index contributed by atoms with van der Waals surface area (Å²) in [5, 5.41) is 19.8. The van der Waals surface area contributed by atoms with Crippen LogP contribution in [-0.4, -0.2) is 45.4 Å². The summed E-state index contributed by atoms with van der Waals surface area (Å²) in [7, 11) is 0. The molecule has 0 spiro atoms. The van der Waals surface area contributed by atoms with Gasteiger partial charge in [0.1, 0.15) is 11.5 Å². The Morgan fingerprint density at radius 2 is 2.16 bits per heavy atom. The highest BCUT2D eigenvalue weighted by atomic mass is 35.5. The molecule has 1 saturated heterocycles. The third-order valence-electron chi connectivity index (χ3n) is 5.59. The van der Waals surface area contributed by atoms with Gasteiger partial charge >= 0.3 is 0 Å². The van der Waals surface area contributed by atoms with Gasteiger partial charge in [0.2, 0.25) is 0 Å². The number of nitrogens with zero attached hydrogens (tertiary/aromatic N) is 3. The van der Waals surface area contributed by atoms with Crippen LogP contribution in [0.15, 0.2) is 48.7 Å². The van der Waals surface area contributed by atoms with Crippen LogP contribution in [0.3, 0.4) is 0 Å². The first-order valence-electron chi connectivity index (χ1n) is 10.6. The Kier molecular flexibility index (Phi) is 6.84. The fourth-order valence-electron chi connectivity index (χ4n) is 3.95. The Balaban J connectivity index is 1.35. The van der Waals surface area contributed by atoms with Gasteiger partial charge in [0.15, 0.2) is 0 Å². The molecule has 31 heavy (non-hydrogen) atoms. The molecule has 3 heterocycles. The molecule has 2 aromatic heterocycles. The van der Waals surface area contributed by atoms with Crippen molar-refractivity contribution in [2.75, 3.05) is 18.1 Å². The summed E-state index contributed by atoms with van der Waals surface area (Å²) in [6.07, 6.45) is 5.98. The van der Waals surface area contributed by atoms with Crippen molar-refractivity contribution in [3.63, 3.8) is 0 Å². The molecule has 1 aromatic carbocycles. The predicted octanol–water partition coefficient (Wildman–Crippen LogP) is 3.80. The van der Waals surface area contributed by atoms with E-state index in [1.807, 2.05) is 24.3 Å². The van der Waals surface area contributed by atoms with Gasteiger partial charge in [-0.15, -0.1) is 0 Å². The van der Waals surface area contributed by atoms with Gasteiger partial charge in [0.05, 0.1) is 5.69 Å². The number of aliphatic hydroxyl groups excluding tert-OH is 1. The second kappa shape index (κ2) is 9.94. The number of aliphatic hydroxyl groups is 1. The van der Waals surface area contributed by atoms with Crippen molar-refractivity contribution >= 4 is 23.3 Å². The first-order chi connectivity index (χ1) is 15.1. The minimum atomic E-state index is -0.233. The van der Waals surface area contributed by atoms with Crippen LogP contribution in [0.25, 0.3) is 11.3 Å². The summed E-state index contributed by atoms with van der Waals surface area (Å²) < 4.78 is 0. The normalized spacial score (nSPS) is 16.3. The molecule has 1 aliphatic rings. The molecule has 0 aliphatic carbocycles. The van der Waals surface area contributed by atoms with Crippen molar-refractivity contribution in [3.05, 3.63) is 64.9 Å². The average Bonchev–Trinajstić information content (AvgIpc) is 3.29. The number of hydrogen-bond donors (Lipinski definition) is 3. The number of pyridine rings is 1. The molecule has 4 rings (SSSR count). The Hall–Kier alpha value is -2.90. The zero-order valence-corrected chi connectivity index (χ0v) is 18.0. The number of H-pyrrole nitrogens is 1. The molecular weight excluding hydrogens is 414 g/mol. The van der Waals surface area contributed by atoms with E-state index in [-0.39, 0.29) is 12.5 Å². The molecule has 1 fully saturated rings. The van der Waals surface area contributed by atoms with E-state index in [4.69, 9.17) is 11.6 Å². The number of piperidine rings is 1. The number of rotatable bonds is 7. The van der Waals surface area contributed by atoms with Gasteiger partial charge in [0.25, 0.3) is 5.91 Å². The number of carbonyl (C=O) groups is 1. The van der Waals surface area contributed by atoms with Gasteiger partial charge in [-0.25, -0.2) is 4.98 Å². The Morgan fingerprint density at radius 3 is 2.94 bits per heavy atom. The van der Waals surface area contributed by atoms with Crippen molar-refractivity contribution < 1.29 is 9.90 Å². The quantitative estimate of drug-likeness (QED) is 0.520. The van der Waals surface area contributed by atoms with Crippen LogP contribution in [0, 0.1) is 0 Å². The largest absolute Gasteiger partial charge is 0.396 e. The van der Waals surface area contributed by atoms with Gasteiger partial charge in [0, 0.05) is 42.5 Å². The number of carbonyl (C=O) groups excluding carboxylic acids is 1. The van der Waals surface area contributed by atoms with E-state index in [0.29, 0.717) is 29.0 Å². The second-order valence-electron chi connectivity index (χ2n) is 7.74. The molecular formula is C23H26ClN5O2. The maximum Gasteiger partial charge on any atom is 0.269 e. The first kappa shape index (κ1) is 21.3. The summed E-state index contributed by atoms with van der Waals surface area (Å²) in [6, 6.07) is 13.4. The summed E-state index contributed by atoms with van der Waals surface area (Å²) in [4.78, 5) is 19.4. The minimum Gasteiger partial charge on any atom is -0.396 e. The van der Waals surface area contributed by atoms with Gasteiger partial charge < -0.3 is 15.3 Å². The van der Waals surface area contributed by atoms with Crippen molar-refractivity contribution in [2.45, 2.75) is 38.3 Å². The molecule has 8 heteroatoms. The van der Waals surface area contributed by atoms with Gasteiger partial charge in [-0.1, -0.05) is 29.8 Å². The summed E-state index contributed by atoms with van der Waals surface area (Å²) in [5.41, 5.74) is 2.82.